The minimum absolute atomic E-state index is 0.0887. The van der Waals surface area contributed by atoms with Crippen molar-refractivity contribution in [2.24, 2.45) is 0 Å². The van der Waals surface area contributed by atoms with Crippen LogP contribution in [0.4, 0.5) is 6.01 Å². The van der Waals surface area contributed by atoms with E-state index in [2.05, 4.69) is 27.2 Å². The topological polar surface area (TPSA) is 68.5 Å². The number of ether oxygens (including phenoxy) is 1. The molecule has 2 aromatic rings. The van der Waals surface area contributed by atoms with Gasteiger partial charge in [0.05, 0.1) is 12.6 Å². The van der Waals surface area contributed by atoms with Crippen molar-refractivity contribution in [1.82, 2.24) is 10.2 Å². The smallest absolute Gasteiger partial charge is 0.396 e. The molecule has 6 heteroatoms. The third-order valence-electron chi connectivity index (χ3n) is 3.80. The summed E-state index contributed by atoms with van der Waals surface area (Å²) in [6.45, 7) is 2.86. The minimum Gasteiger partial charge on any atom is -0.459 e. The van der Waals surface area contributed by atoms with E-state index >= 15 is 0 Å². The molecule has 6 nitrogen and oxygen atoms in total. The molecule has 1 aliphatic rings. The van der Waals surface area contributed by atoms with Gasteiger partial charge in [-0.05, 0) is 31.7 Å². The van der Waals surface area contributed by atoms with Crippen LogP contribution in [0.5, 0.6) is 0 Å². The minimum atomic E-state index is -0.575. The maximum Gasteiger partial charge on any atom is 0.396 e. The van der Waals surface area contributed by atoms with E-state index in [1.54, 1.807) is 6.92 Å². The summed E-state index contributed by atoms with van der Waals surface area (Å²) in [4.78, 5) is 13.7. The summed E-state index contributed by atoms with van der Waals surface area (Å²) in [6.07, 6.45) is 3.26. The average Bonchev–Trinajstić information content (AvgIpc) is 3.06. The Morgan fingerprint density at radius 2 is 2.14 bits per heavy atom. The number of aromatic nitrogens is 2. The van der Waals surface area contributed by atoms with Crippen molar-refractivity contribution in [3.05, 3.63) is 41.8 Å². The van der Waals surface area contributed by atoms with E-state index in [1.165, 1.54) is 5.56 Å². The molecule has 1 aromatic heterocycles. The first kappa shape index (κ1) is 14.6. The van der Waals surface area contributed by atoms with Crippen molar-refractivity contribution in [1.29, 1.82) is 0 Å². The summed E-state index contributed by atoms with van der Waals surface area (Å²) in [5.41, 5.74) is 1.22. The average molecular weight is 301 g/mol. The van der Waals surface area contributed by atoms with Gasteiger partial charge in [-0.25, -0.2) is 4.79 Å². The zero-order valence-corrected chi connectivity index (χ0v) is 12.6. The highest BCUT2D eigenvalue weighted by molar-refractivity contribution is 5.84. The van der Waals surface area contributed by atoms with Crippen LogP contribution in [0.25, 0.3) is 0 Å². The number of carbonyl (C=O) groups is 1. The third-order valence-corrected chi connectivity index (χ3v) is 3.80. The highest BCUT2D eigenvalue weighted by Gasteiger charge is 2.29. The second-order valence-electron chi connectivity index (χ2n) is 5.23. The van der Waals surface area contributed by atoms with E-state index in [4.69, 9.17) is 9.15 Å². The van der Waals surface area contributed by atoms with E-state index in [0.29, 0.717) is 6.01 Å². The van der Waals surface area contributed by atoms with E-state index in [-0.39, 0.29) is 18.5 Å². The zero-order valence-electron chi connectivity index (χ0n) is 12.6. The van der Waals surface area contributed by atoms with Crippen molar-refractivity contribution >= 4 is 12.0 Å². The molecule has 116 valence electrons. The van der Waals surface area contributed by atoms with Gasteiger partial charge in [-0.3, -0.25) is 0 Å². The Hall–Kier alpha value is -2.37. The molecule has 0 spiro atoms. The van der Waals surface area contributed by atoms with Crippen molar-refractivity contribution in [3.8, 4) is 0 Å². The standard InChI is InChI=1S/C16H19N3O3/c1-2-21-15(20)14-17-18-16(22-14)19-11-7-6-10-13(19)12-8-4-3-5-9-12/h3-5,8-9,13H,2,6-7,10-11H2,1H3. The molecule has 1 atom stereocenters. The molecule has 1 aliphatic heterocycles. The molecule has 1 aromatic carbocycles. The molecule has 0 saturated carbocycles. The van der Waals surface area contributed by atoms with Gasteiger partial charge in [0.25, 0.3) is 0 Å². The van der Waals surface area contributed by atoms with Gasteiger partial charge in [0.15, 0.2) is 0 Å². The fourth-order valence-electron chi connectivity index (χ4n) is 2.79. The van der Waals surface area contributed by atoms with Gasteiger partial charge in [0.2, 0.25) is 0 Å². The number of hydrogen-bond donors (Lipinski definition) is 0. The number of carbonyl (C=O) groups excluding carboxylic acids is 1. The summed E-state index contributed by atoms with van der Waals surface area (Å²) >= 11 is 0. The van der Waals surface area contributed by atoms with E-state index in [0.717, 1.165) is 25.8 Å². The van der Waals surface area contributed by atoms with E-state index in [9.17, 15) is 4.79 Å². The predicted octanol–water partition coefficient (Wildman–Crippen LogP) is 2.98. The Labute approximate surface area is 129 Å². The molecule has 22 heavy (non-hydrogen) atoms. The number of benzene rings is 1. The highest BCUT2D eigenvalue weighted by atomic mass is 16.5. The van der Waals surface area contributed by atoms with Crippen LogP contribution in [-0.4, -0.2) is 29.3 Å². The number of esters is 1. The third kappa shape index (κ3) is 2.95. The first-order valence-electron chi connectivity index (χ1n) is 7.62. The Kier molecular flexibility index (Phi) is 4.37. The van der Waals surface area contributed by atoms with Crippen LogP contribution in [0.3, 0.4) is 0 Å². The largest absolute Gasteiger partial charge is 0.459 e. The van der Waals surface area contributed by atoms with Crippen LogP contribution < -0.4 is 4.90 Å². The lowest BCUT2D eigenvalue weighted by Crippen LogP contribution is -2.33. The van der Waals surface area contributed by atoms with Crippen LogP contribution in [0.1, 0.15) is 48.5 Å². The summed E-state index contributed by atoms with van der Waals surface area (Å²) < 4.78 is 10.4. The van der Waals surface area contributed by atoms with Gasteiger partial charge in [0.1, 0.15) is 0 Å². The second-order valence-corrected chi connectivity index (χ2v) is 5.23. The first-order valence-corrected chi connectivity index (χ1v) is 7.62. The number of rotatable bonds is 4. The van der Waals surface area contributed by atoms with Gasteiger partial charge in [-0.15, -0.1) is 0 Å². The van der Waals surface area contributed by atoms with Gasteiger partial charge in [-0.1, -0.05) is 40.5 Å². The molecule has 1 fully saturated rings. The number of hydrogen-bond acceptors (Lipinski definition) is 6. The molecule has 1 saturated heterocycles. The van der Waals surface area contributed by atoms with Crippen LogP contribution >= 0.6 is 0 Å². The first-order chi connectivity index (χ1) is 10.8. The molecule has 3 rings (SSSR count). The maximum atomic E-state index is 11.7. The molecule has 0 bridgehead atoms. The summed E-state index contributed by atoms with van der Waals surface area (Å²) in [7, 11) is 0. The molecule has 2 heterocycles. The summed E-state index contributed by atoms with van der Waals surface area (Å²) in [6, 6.07) is 10.8. The van der Waals surface area contributed by atoms with Gasteiger partial charge < -0.3 is 14.1 Å². The Balaban J connectivity index is 1.83. The summed E-state index contributed by atoms with van der Waals surface area (Å²) in [5, 5.41) is 7.83. The molecule has 0 amide bonds. The molecular formula is C16H19N3O3. The molecular weight excluding hydrogens is 282 g/mol. The van der Waals surface area contributed by atoms with Gasteiger partial charge in [-0.2, -0.15) is 0 Å². The SMILES string of the molecule is CCOC(=O)c1nnc(N2CCCCC2c2ccccc2)o1. The molecule has 0 N–H and O–H groups in total. The van der Waals surface area contributed by atoms with Crippen molar-refractivity contribution < 1.29 is 13.9 Å². The Bertz CT molecular complexity index is 627. The second kappa shape index (κ2) is 6.60. The predicted molar refractivity (Wildman–Crippen MR) is 80.6 cm³/mol. The van der Waals surface area contributed by atoms with Crippen LogP contribution in [0.2, 0.25) is 0 Å². The number of piperidine rings is 1. The number of anilines is 1. The monoisotopic (exact) mass is 301 g/mol. The summed E-state index contributed by atoms with van der Waals surface area (Å²) in [5.74, 6) is -0.663. The molecule has 0 aliphatic carbocycles. The fourth-order valence-corrected chi connectivity index (χ4v) is 2.79. The van der Waals surface area contributed by atoms with Crippen LogP contribution in [0.15, 0.2) is 34.7 Å². The lowest BCUT2D eigenvalue weighted by atomic mass is 9.96. The highest BCUT2D eigenvalue weighted by Crippen LogP contribution is 2.34. The maximum absolute atomic E-state index is 11.7. The van der Waals surface area contributed by atoms with Crippen molar-refractivity contribution in [3.63, 3.8) is 0 Å². The van der Waals surface area contributed by atoms with Gasteiger partial charge in [0, 0.05) is 6.54 Å². The lowest BCUT2D eigenvalue weighted by Gasteiger charge is -2.34. The number of nitrogens with zero attached hydrogens (tertiary/aromatic N) is 3. The van der Waals surface area contributed by atoms with Crippen LogP contribution in [0, 0.1) is 0 Å². The van der Waals surface area contributed by atoms with Gasteiger partial charge >= 0.3 is 17.9 Å². The van der Waals surface area contributed by atoms with Crippen molar-refractivity contribution in [2.45, 2.75) is 32.2 Å². The van der Waals surface area contributed by atoms with Crippen molar-refractivity contribution in [2.75, 3.05) is 18.1 Å². The molecule has 1 unspecified atom stereocenters. The quantitative estimate of drug-likeness (QED) is 0.809. The normalized spacial score (nSPS) is 18.2. The van der Waals surface area contributed by atoms with E-state index in [1.807, 2.05) is 18.2 Å². The Morgan fingerprint density at radius 3 is 2.91 bits per heavy atom. The fraction of sp³-hybridized carbons (Fsp3) is 0.438. The lowest BCUT2D eigenvalue weighted by molar-refractivity contribution is 0.0481. The molecule has 0 radical (unpaired) electrons. The Morgan fingerprint density at radius 1 is 1.32 bits per heavy atom. The van der Waals surface area contributed by atoms with E-state index < -0.39 is 5.97 Å². The zero-order chi connectivity index (χ0) is 15.4. The van der Waals surface area contributed by atoms with Crippen LogP contribution in [-0.2, 0) is 4.74 Å².